The zero-order chi connectivity index (χ0) is 20.9. The Morgan fingerprint density at radius 2 is 1.73 bits per heavy atom. The molecular weight excluding hydrogens is 376 g/mol. The van der Waals surface area contributed by atoms with E-state index < -0.39 is 0 Å². The van der Waals surface area contributed by atoms with E-state index in [0.717, 1.165) is 35.7 Å². The van der Waals surface area contributed by atoms with Gasteiger partial charge in [0.15, 0.2) is 12.4 Å². The number of ether oxygens (including phenoxy) is 1. The van der Waals surface area contributed by atoms with Gasteiger partial charge in [0.1, 0.15) is 5.75 Å². The summed E-state index contributed by atoms with van der Waals surface area (Å²) in [4.78, 5) is 14.5. The van der Waals surface area contributed by atoms with E-state index >= 15 is 0 Å². The molecule has 1 N–H and O–H groups in total. The minimum Gasteiger partial charge on any atom is -0.484 e. The zero-order valence-electron chi connectivity index (χ0n) is 17.4. The van der Waals surface area contributed by atoms with Crippen LogP contribution in [0, 0.1) is 13.8 Å². The fourth-order valence-corrected chi connectivity index (χ4v) is 3.47. The highest BCUT2D eigenvalue weighted by molar-refractivity contribution is 5.92. The van der Waals surface area contributed by atoms with Crippen LogP contribution in [-0.2, 0) is 4.79 Å². The second-order valence-electron chi connectivity index (χ2n) is 7.63. The van der Waals surface area contributed by atoms with Crippen molar-refractivity contribution in [2.45, 2.75) is 26.7 Å². The highest BCUT2D eigenvalue weighted by atomic mass is 16.5. The molecule has 2 aromatic carbocycles. The molecule has 0 spiro atoms. The van der Waals surface area contributed by atoms with Crippen LogP contribution in [0.2, 0.25) is 0 Å². The molecule has 0 atom stereocenters. The zero-order valence-corrected chi connectivity index (χ0v) is 17.4. The first kappa shape index (κ1) is 19.9. The maximum Gasteiger partial charge on any atom is 0.262 e. The number of carbonyl (C=O) groups excluding carboxylic acids is 1. The van der Waals surface area contributed by atoms with E-state index in [1.165, 1.54) is 18.4 Å². The van der Waals surface area contributed by atoms with Crippen molar-refractivity contribution in [1.82, 2.24) is 10.2 Å². The van der Waals surface area contributed by atoms with Crippen LogP contribution in [0.25, 0.3) is 11.3 Å². The molecule has 1 fully saturated rings. The summed E-state index contributed by atoms with van der Waals surface area (Å²) < 4.78 is 5.59. The maximum atomic E-state index is 12.2. The summed E-state index contributed by atoms with van der Waals surface area (Å²) in [6.45, 7) is 6.14. The number of benzene rings is 2. The molecule has 3 aromatic rings. The van der Waals surface area contributed by atoms with E-state index in [1.807, 2.05) is 68.4 Å². The highest BCUT2D eigenvalue weighted by Gasteiger charge is 2.14. The van der Waals surface area contributed by atoms with Gasteiger partial charge in [-0.25, -0.2) is 0 Å². The van der Waals surface area contributed by atoms with E-state index in [2.05, 4.69) is 20.4 Å². The van der Waals surface area contributed by atoms with Gasteiger partial charge in [0.05, 0.1) is 5.69 Å². The molecule has 1 aromatic heterocycles. The number of hydrogen-bond acceptors (Lipinski definition) is 5. The first-order valence-corrected chi connectivity index (χ1v) is 10.3. The van der Waals surface area contributed by atoms with Gasteiger partial charge in [-0.2, -0.15) is 0 Å². The molecule has 2 heterocycles. The van der Waals surface area contributed by atoms with Crippen LogP contribution in [0.15, 0.2) is 54.6 Å². The number of aromatic nitrogens is 2. The average Bonchev–Trinajstić information content (AvgIpc) is 3.30. The van der Waals surface area contributed by atoms with E-state index in [1.54, 1.807) is 0 Å². The van der Waals surface area contributed by atoms with Crippen molar-refractivity contribution in [3.8, 4) is 17.0 Å². The van der Waals surface area contributed by atoms with Crippen molar-refractivity contribution in [1.29, 1.82) is 0 Å². The molecule has 154 valence electrons. The Hall–Kier alpha value is -3.41. The van der Waals surface area contributed by atoms with E-state index in [4.69, 9.17) is 4.74 Å². The van der Waals surface area contributed by atoms with Gasteiger partial charge in [0, 0.05) is 24.3 Å². The van der Waals surface area contributed by atoms with E-state index in [9.17, 15) is 4.79 Å². The molecule has 1 saturated heterocycles. The van der Waals surface area contributed by atoms with Crippen molar-refractivity contribution < 1.29 is 9.53 Å². The SMILES string of the molecule is Cc1ccc(OCC(=O)Nc2ccc(-c3ccc(N4CCCC4)nn3)cc2)cc1C. The van der Waals surface area contributed by atoms with Gasteiger partial charge in [-0.3, -0.25) is 4.79 Å². The van der Waals surface area contributed by atoms with Crippen LogP contribution in [-0.4, -0.2) is 35.8 Å². The monoisotopic (exact) mass is 402 g/mol. The third-order valence-electron chi connectivity index (χ3n) is 5.39. The Kier molecular flexibility index (Phi) is 5.93. The lowest BCUT2D eigenvalue weighted by Gasteiger charge is -2.15. The Bertz CT molecular complexity index is 1010. The van der Waals surface area contributed by atoms with Gasteiger partial charge in [0.2, 0.25) is 0 Å². The molecule has 30 heavy (non-hydrogen) atoms. The molecule has 0 unspecified atom stereocenters. The van der Waals surface area contributed by atoms with E-state index in [0.29, 0.717) is 11.4 Å². The predicted molar refractivity (Wildman–Crippen MR) is 119 cm³/mol. The number of rotatable bonds is 6. The lowest BCUT2D eigenvalue weighted by atomic mass is 10.1. The Labute approximate surface area is 176 Å². The van der Waals surface area contributed by atoms with Crippen LogP contribution >= 0.6 is 0 Å². The van der Waals surface area contributed by atoms with E-state index in [-0.39, 0.29) is 12.5 Å². The van der Waals surface area contributed by atoms with Gasteiger partial charge in [0.25, 0.3) is 5.91 Å². The van der Waals surface area contributed by atoms with Crippen LogP contribution in [0.5, 0.6) is 5.75 Å². The normalized spacial score (nSPS) is 13.3. The quantitative estimate of drug-likeness (QED) is 0.663. The van der Waals surface area contributed by atoms with Crippen molar-refractivity contribution >= 4 is 17.4 Å². The fraction of sp³-hybridized carbons (Fsp3) is 0.292. The standard InChI is InChI=1S/C24H26N4O2/c1-17-5-10-21(15-18(17)2)30-16-24(29)25-20-8-6-19(7-9-20)22-11-12-23(27-26-22)28-13-3-4-14-28/h5-12,15H,3-4,13-14,16H2,1-2H3,(H,25,29). The summed E-state index contributed by atoms with van der Waals surface area (Å²) in [5.74, 6) is 1.43. The molecule has 0 bridgehead atoms. The number of amides is 1. The molecule has 1 amide bonds. The summed E-state index contributed by atoms with van der Waals surface area (Å²) in [5.41, 5.74) is 4.82. The topological polar surface area (TPSA) is 67.3 Å². The van der Waals surface area contributed by atoms with Crippen molar-refractivity contribution in [2.75, 3.05) is 29.9 Å². The predicted octanol–water partition coefficient (Wildman–Crippen LogP) is 4.38. The highest BCUT2D eigenvalue weighted by Crippen LogP contribution is 2.22. The number of carbonyl (C=O) groups is 1. The average molecular weight is 402 g/mol. The van der Waals surface area contributed by atoms with Crippen LogP contribution in [0.4, 0.5) is 11.5 Å². The molecule has 0 radical (unpaired) electrons. The number of nitrogens with zero attached hydrogens (tertiary/aromatic N) is 3. The summed E-state index contributed by atoms with van der Waals surface area (Å²) in [7, 11) is 0. The number of aryl methyl sites for hydroxylation is 2. The Morgan fingerprint density at radius 1 is 0.967 bits per heavy atom. The van der Waals surface area contributed by atoms with Crippen molar-refractivity contribution in [2.24, 2.45) is 0 Å². The maximum absolute atomic E-state index is 12.2. The molecule has 6 nitrogen and oxygen atoms in total. The van der Waals surface area contributed by atoms with Crippen LogP contribution < -0.4 is 15.0 Å². The second kappa shape index (κ2) is 8.95. The summed E-state index contributed by atoms with van der Waals surface area (Å²) in [5, 5.41) is 11.6. The third-order valence-corrected chi connectivity index (χ3v) is 5.39. The summed E-state index contributed by atoms with van der Waals surface area (Å²) in [6.07, 6.45) is 2.43. The molecular formula is C24H26N4O2. The van der Waals surface area contributed by atoms with Gasteiger partial charge in [-0.15, -0.1) is 10.2 Å². The lowest BCUT2D eigenvalue weighted by Crippen LogP contribution is -2.20. The smallest absolute Gasteiger partial charge is 0.262 e. The third kappa shape index (κ3) is 4.76. The first-order chi connectivity index (χ1) is 14.6. The van der Waals surface area contributed by atoms with Crippen LogP contribution in [0.3, 0.4) is 0 Å². The molecule has 6 heteroatoms. The minimum atomic E-state index is -0.198. The molecule has 0 aliphatic carbocycles. The summed E-state index contributed by atoms with van der Waals surface area (Å²) in [6, 6.07) is 17.4. The van der Waals surface area contributed by atoms with Crippen molar-refractivity contribution in [3.63, 3.8) is 0 Å². The van der Waals surface area contributed by atoms with Gasteiger partial charge >= 0.3 is 0 Å². The van der Waals surface area contributed by atoms with Crippen LogP contribution in [0.1, 0.15) is 24.0 Å². The Morgan fingerprint density at radius 3 is 2.40 bits per heavy atom. The molecule has 0 saturated carbocycles. The largest absolute Gasteiger partial charge is 0.484 e. The van der Waals surface area contributed by atoms with Gasteiger partial charge < -0.3 is 15.0 Å². The fourth-order valence-electron chi connectivity index (χ4n) is 3.47. The molecule has 1 aliphatic heterocycles. The number of anilines is 2. The molecule has 1 aliphatic rings. The van der Waals surface area contributed by atoms with Gasteiger partial charge in [-0.1, -0.05) is 18.2 Å². The Balaban J connectivity index is 1.32. The lowest BCUT2D eigenvalue weighted by molar-refractivity contribution is -0.118. The second-order valence-corrected chi connectivity index (χ2v) is 7.63. The van der Waals surface area contributed by atoms with Gasteiger partial charge in [-0.05, 0) is 74.2 Å². The number of hydrogen-bond donors (Lipinski definition) is 1. The molecule has 4 rings (SSSR count). The van der Waals surface area contributed by atoms with Crippen molar-refractivity contribution in [3.05, 3.63) is 65.7 Å². The minimum absolute atomic E-state index is 0.0340. The number of nitrogens with one attached hydrogen (secondary N) is 1. The summed E-state index contributed by atoms with van der Waals surface area (Å²) >= 11 is 0. The first-order valence-electron chi connectivity index (χ1n) is 10.3.